The van der Waals surface area contributed by atoms with Crippen LogP contribution in [-0.4, -0.2) is 32.7 Å². The van der Waals surface area contributed by atoms with Crippen molar-refractivity contribution >= 4 is 38.8 Å². The Morgan fingerprint density at radius 3 is 2.65 bits per heavy atom. The predicted octanol–water partition coefficient (Wildman–Crippen LogP) is 1.43. The number of thiocarbonyl (C=S) groups is 1. The molecule has 1 heterocycles. The molecular formula is C12H15ClN2O3S2. The molecule has 0 spiro atoms. The van der Waals surface area contributed by atoms with Crippen LogP contribution in [0.3, 0.4) is 0 Å². The summed E-state index contributed by atoms with van der Waals surface area (Å²) < 4.78 is 32.6. The first-order chi connectivity index (χ1) is 9.40. The molecule has 0 amide bonds. The van der Waals surface area contributed by atoms with Crippen LogP contribution in [0, 0.1) is 0 Å². The van der Waals surface area contributed by atoms with Gasteiger partial charge in [0.1, 0.15) is 9.88 Å². The number of rotatable bonds is 4. The summed E-state index contributed by atoms with van der Waals surface area (Å²) in [5.74, 6) is 0. The first-order valence-corrected chi connectivity index (χ1v) is 8.36. The molecule has 2 rings (SSSR count). The first-order valence-electron chi connectivity index (χ1n) is 6.09. The number of hydrogen-bond acceptors (Lipinski definition) is 4. The van der Waals surface area contributed by atoms with Gasteiger partial charge in [0.05, 0.1) is 5.02 Å². The van der Waals surface area contributed by atoms with Gasteiger partial charge in [0.2, 0.25) is 10.0 Å². The summed E-state index contributed by atoms with van der Waals surface area (Å²) >= 11 is 10.8. The first kappa shape index (κ1) is 15.7. The second-order valence-electron chi connectivity index (χ2n) is 4.52. The Morgan fingerprint density at radius 1 is 1.40 bits per heavy atom. The summed E-state index contributed by atoms with van der Waals surface area (Å²) in [6.07, 6.45) is 1.29. The van der Waals surface area contributed by atoms with Gasteiger partial charge in [0.25, 0.3) is 0 Å². The maximum atomic E-state index is 12.4. The van der Waals surface area contributed by atoms with Gasteiger partial charge >= 0.3 is 0 Å². The maximum absolute atomic E-state index is 12.4. The molecule has 1 saturated heterocycles. The molecule has 20 heavy (non-hydrogen) atoms. The van der Waals surface area contributed by atoms with E-state index in [-0.39, 0.29) is 20.9 Å². The van der Waals surface area contributed by atoms with Crippen molar-refractivity contribution in [1.82, 2.24) is 4.72 Å². The Hall–Kier alpha value is -0.730. The topological polar surface area (TPSA) is 81.4 Å². The van der Waals surface area contributed by atoms with Gasteiger partial charge in [-0.15, -0.1) is 0 Å². The van der Waals surface area contributed by atoms with Gasteiger partial charge in [-0.25, -0.2) is 13.1 Å². The van der Waals surface area contributed by atoms with Crippen LogP contribution in [0.25, 0.3) is 0 Å². The number of nitrogens with two attached hydrogens (primary N) is 1. The fourth-order valence-electron chi connectivity index (χ4n) is 1.96. The minimum absolute atomic E-state index is 0.00374. The molecule has 3 N–H and O–H groups in total. The molecule has 1 aromatic carbocycles. The fraction of sp³-hybridized carbons (Fsp3) is 0.417. The number of halogens is 1. The van der Waals surface area contributed by atoms with Crippen LogP contribution >= 0.6 is 23.8 Å². The molecule has 0 unspecified atom stereocenters. The summed E-state index contributed by atoms with van der Waals surface area (Å²) in [7, 11) is -3.70. The summed E-state index contributed by atoms with van der Waals surface area (Å²) in [5, 5.41) is 0.143. The van der Waals surface area contributed by atoms with E-state index in [0.29, 0.717) is 31.6 Å². The lowest BCUT2D eigenvalue weighted by Crippen LogP contribution is -2.39. The number of benzene rings is 1. The third kappa shape index (κ3) is 3.67. The van der Waals surface area contributed by atoms with Gasteiger partial charge in [-0.2, -0.15) is 0 Å². The molecule has 1 aliphatic rings. The fourth-order valence-corrected chi connectivity index (χ4v) is 3.92. The second kappa shape index (κ2) is 6.36. The van der Waals surface area contributed by atoms with Crippen LogP contribution in [0.15, 0.2) is 23.1 Å². The summed E-state index contributed by atoms with van der Waals surface area (Å²) in [4.78, 5) is 0.125. The van der Waals surface area contributed by atoms with E-state index in [0.717, 1.165) is 0 Å². The molecule has 110 valence electrons. The molecule has 1 aromatic rings. The summed E-state index contributed by atoms with van der Waals surface area (Å²) in [6, 6.07) is 4.33. The zero-order chi connectivity index (χ0) is 14.8. The van der Waals surface area contributed by atoms with Gasteiger partial charge < -0.3 is 10.5 Å². The van der Waals surface area contributed by atoms with E-state index in [2.05, 4.69) is 4.72 Å². The van der Waals surface area contributed by atoms with Gasteiger partial charge in [-0.1, -0.05) is 29.9 Å². The lowest BCUT2D eigenvalue weighted by atomic mass is 10.1. The van der Waals surface area contributed by atoms with E-state index in [1.54, 1.807) is 6.07 Å². The smallest absolute Gasteiger partial charge is 0.242 e. The number of nitrogens with one attached hydrogen (secondary N) is 1. The van der Waals surface area contributed by atoms with Gasteiger partial charge in [0.15, 0.2) is 0 Å². The number of ether oxygens (including phenoxy) is 1. The third-order valence-electron chi connectivity index (χ3n) is 3.05. The van der Waals surface area contributed by atoms with Crippen LogP contribution in [0.2, 0.25) is 5.02 Å². The van der Waals surface area contributed by atoms with E-state index in [1.165, 1.54) is 12.1 Å². The van der Waals surface area contributed by atoms with Crippen LogP contribution in [0.4, 0.5) is 0 Å². The van der Waals surface area contributed by atoms with Gasteiger partial charge in [-0.05, 0) is 25.0 Å². The van der Waals surface area contributed by atoms with Crippen LogP contribution in [0.1, 0.15) is 18.4 Å². The average Bonchev–Trinajstić information content (AvgIpc) is 2.39. The molecular weight excluding hydrogens is 320 g/mol. The molecule has 0 atom stereocenters. The van der Waals surface area contributed by atoms with Crippen molar-refractivity contribution in [2.75, 3.05) is 13.2 Å². The van der Waals surface area contributed by atoms with E-state index in [9.17, 15) is 8.42 Å². The van der Waals surface area contributed by atoms with Crippen molar-refractivity contribution in [2.45, 2.75) is 23.8 Å². The Morgan fingerprint density at radius 2 is 2.05 bits per heavy atom. The monoisotopic (exact) mass is 334 g/mol. The van der Waals surface area contributed by atoms with Crippen molar-refractivity contribution < 1.29 is 13.2 Å². The Kier molecular flexibility index (Phi) is 4.98. The highest BCUT2D eigenvalue weighted by atomic mass is 35.5. The highest BCUT2D eigenvalue weighted by molar-refractivity contribution is 7.89. The van der Waals surface area contributed by atoms with Crippen molar-refractivity contribution in [3.63, 3.8) is 0 Å². The molecule has 0 aromatic heterocycles. The van der Waals surface area contributed by atoms with E-state index < -0.39 is 10.0 Å². The van der Waals surface area contributed by atoms with Crippen LogP contribution in [0.5, 0.6) is 0 Å². The van der Waals surface area contributed by atoms with Crippen molar-refractivity contribution in [3.05, 3.63) is 28.8 Å². The summed E-state index contributed by atoms with van der Waals surface area (Å²) in [5.41, 5.74) is 5.99. The lowest BCUT2D eigenvalue weighted by molar-refractivity contribution is 0.0832. The largest absolute Gasteiger partial charge is 0.389 e. The average molecular weight is 335 g/mol. The molecule has 0 aliphatic carbocycles. The number of sulfonamides is 1. The van der Waals surface area contributed by atoms with Crippen LogP contribution in [-0.2, 0) is 14.8 Å². The second-order valence-corrected chi connectivity index (χ2v) is 7.05. The van der Waals surface area contributed by atoms with Crippen molar-refractivity contribution in [3.8, 4) is 0 Å². The van der Waals surface area contributed by atoms with Gasteiger partial charge in [-0.3, -0.25) is 0 Å². The highest BCUT2D eigenvalue weighted by Crippen LogP contribution is 2.23. The molecule has 1 aliphatic heterocycles. The molecule has 0 saturated carbocycles. The predicted molar refractivity (Wildman–Crippen MR) is 81.5 cm³/mol. The minimum atomic E-state index is -3.70. The molecule has 1 fully saturated rings. The number of hydrogen-bond donors (Lipinski definition) is 2. The minimum Gasteiger partial charge on any atom is -0.389 e. The van der Waals surface area contributed by atoms with E-state index in [1.807, 2.05) is 0 Å². The Bertz CT molecular complexity index is 613. The van der Waals surface area contributed by atoms with E-state index >= 15 is 0 Å². The summed E-state index contributed by atoms with van der Waals surface area (Å²) in [6.45, 7) is 1.10. The normalized spacial score (nSPS) is 17.1. The van der Waals surface area contributed by atoms with Crippen LogP contribution < -0.4 is 10.5 Å². The lowest BCUT2D eigenvalue weighted by Gasteiger charge is -2.23. The molecule has 8 heteroatoms. The van der Waals surface area contributed by atoms with E-state index in [4.69, 9.17) is 34.3 Å². The molecule has 5 nitrogen and oxygen atoms in total. The zero-order valence-electron chi connectivity index (χ0n) is 10.6. The standard InChI is InChI=1S/C12H15ClN2O3S2/c13-10-2-1-8(12(14)19)7-11(10)20(16,17)15-9-3-5-18-6-4-9/h1-2,7,9,15H,3-6H2,(H2,14,19). The van der Waals surface area contributed by atoms with Crippen molar-refractivity contribution in [1.29, 1.82) is 0 Å². The quantitative estimate of drug-likeness (QED) is 0.814. The third-order valence-corrected chi connectivity index (χ3v) is 5.29. The maximum Gasteiger partial charge on any atom is 0.242 e. The Labute approximate surface area is 128 Å². The SMILES string of the molecule is NC(=S)c1ccc(Cl)c(S(=O)(=O)NC2CCOCC2)c1. The highest BCUT2D eigenvalue weighted by Gasteiger charge is 2.24. The molecule has 0 radical (unpaired) electrons. The molecule has 0 bridgehead atoms. The Balaban J connectivity index is 2.28. The van der Waals surface area contributed by atoms with Gasteiger partial charge in [0, 0.05) is 24.8 Å². The zero-order valence-corrected chi connectivity index (χ0v) is 13.0. The van der Waals surface area contributed by atoms with Crippen molar-refractivity contribution in [2.24, 2.45) is 5.73 Å².